The van der Waals surface area contributed by atoms with Gasteiger partial charge >= 0.3 is 5.97 Å². The van der Waals surface area contributed by atoms with Gasteiger partial charge < -0.3 is 15.2 Å². The molecule has 0 spiro atoms. The minimum atomic E-state index is -1.01. The summed E-state index contributed by atoms with van der Waals surface area (Å²) in [7, 11) is 0. The Morgan fingerprint density at radius 3 is 2.72 bits per heavy atom. The molecule has 18 heavy (non-hydrogen) atoms. The van der Waals surface area contributed by atoms with Gasteiger partial charge in [-0.15, -0.1) is 0 Å². The summed E-state index contributed by atoms with van der Waals surface area (Å²) >= 11 is 3.21. The second-order valence-electron chi connectivity index (χ2n) is 4.08. The molecule has 1 fully saturated rings. The predicted octanol–water partition coefficient (Wildman–Crippen LogP) is 1.80. The summed E-state index contributed by atoms with van der Waals surface area (Å²) in [4.78, 5) is 22.1. The SMILES string of the molecule is O=C(COc1ccc(C(=O)O)cc1Br)NC1CC1. The summed E-state index contributed by atoms with van der Waals surface area (Å²) in [6.45, 7) is -0.0679. The number of hydrogen-bond donors (Lipinski definition) is 2. The summed E-state index contributed by atoms with van der Waals surface area (Å²) in [5.41, 5.74) is 0.164. The monoisotopic (exact) mass is 313 g/mol. The smallest absolute Gasteiger partial charge is 0.335 e. The lowest BCUT2D eigenvalue weighted by atomic mass is 10.2. The zero-order valence-corrected chi connectivity index (χ0v) is 11.1. The maximum atomic E-state index is 11.4. The molecule has 1 aliphatic carbocycles. The van der Waals surface area contributed by atoms with E-state index in [2.05, 4.69) is 21.2 Å². The van der Waals surface area contributed by atoms with Gasteiger partial charge in [0, 0.05) is 6.04 Å². The largest absolute Gasteiger partial charge is 0.483 e. The molecule has 1 saturated carbocycles. The molecule has 5 nitrogen and oxygen atoms in total. The molecule has 0 atom stereocenters. The minimum absolute atomic E-state index is 0.0679. The van der Waals surface area contributed by atoms with Crippen LogP contribution in [0.25, 0.3) is 0 Å². The zero-order chi connectivity index (χ0) is 13.1. The average Bonchev–Trinajstić information content (AvgIpc) is 3.11. The van der Waals surface area contributed by atoms with Crippen LogP contribution < -0.4 is 10.1 Å². The van der Waals surface area contributed by atoms with Crippen LogP contribution in [0.4, 0.5) is 0 Å². The van der Waals surface area contributed by atoms with Crippen molar-refractivity contribution in [1.82, 2.24) is 5.32 Å². The Balaban J connectivity index is 1.92. The Morgan fingerprint density at radius 1 is 1.44 bits per heavy atom. The van der Waals surface area contributed by atoms with Crippen molar-refractivity contribution in [2.24, 2.45) is 0 Å². The lowest BCUT2D eigenvalue weighted by Crippen LogP contribution is -2.30. The quantitative estimate of drug-likeness (QED) is 0.869. The Kier molecular flexibility index (Phi) is 3.86. The van der Waals surface area contributed by atoms with Gasteiger partial charge in [-0.05, 0) is 47.0 Å². The number of rotatable bonds is 5. The Labute approximate surface area is 112 Å². The van der Waals surface area contributed by atoms with Gasteiger partial charge in [-0.25, -0.2) is 4.79 Å². The number of carbonyl (C=O) groups excluding carboxylic acids is 1. The van der Waals surface area contributed by atoms with Crippen molar-refractivity contribution in [1.29, 1.82) is 0 Å². The molecule has 0 aliphatic heterocycles. The van der Waals surface area contributed by atoms with Crippen molar-refractivity contribution in [3.8, 4) is 5.75 Å². The third-order valence-electron chi connectivity index (χ3n) is 2.48. The molecule has 0 bridgehead atoms. The predicted molar refractivity (Wildman–Crippen MR) is 67.8 cm³/mol. The highest BCUT2D eigenvalue weighted by molar-refractivity contribution is 9.10. The zero-order valence-electron chi connectivity index (χ0n) is 9.48. The van der Waals surface area contributed by atoms with Crippen LogP contribution in [-0.2, 0) is 4.79 Å². The van der Waals surface area contributed by atoms with Gasteiger partial charge in [-0.2, -0.15) is 0 Å². The second-order valence-corrected chi connectivity index (χ2v) is 4.94. The van der Waals surface area contributed by atoms with E-state index in [1.807, 2.05) is 0 Å². The Morgan fingerprint density at radius 2 is 2.17 bits per heavy atom. The average molecular weight is 314 g/mol. The molecule has 6 heteroatoms. The topological polar surface area (TPSA) is 75.6 Å². The number of ether oxygens (including phenoxy) is 1. The van der Waals surface area contributed by atoms with Crippen molar-refractivity contribution in [3.05, 3.63) is 28.2 Å². The van der Waals surface area contributed by atoms with E-state index in [-0.39, 0.29) is 18.1 Å². The molecule has 0 radical (unpaired) electrons. The number of hydrogen-bond acceptors (Lipinski definition) is 3. The van der Waals surface area contributed by atoms with Gasteiger partial charge in [0.1, 0.15) is 5.75 Å². The van der Waals surface area contributed by atoms with Crippen LogP contribution in [0.3, 0.4) is 0 Å². The second kappa shape index (κ2) is 5.39. The van der Waals surface area contributed by atoms with Crippen molar-refractivity contribution in [2.45, 2.75) is 18.9 Å². The molecule has 96 valence electrons. The molecule has 1 aliphatic rings. The lowest BCUT2D eigenvalue weighted by Gasteiger charge is -2.08. The maximum Gasteiger partial charge on any atom is 0.335 e. The standard InChI is InChI=1S/C12H12BrNO4/c13-9-5-7(12(16)17)1-4-10(9)18-6-11(15)14-8-2-3-8/h1,4-5,8H,2-3,6H2,(H,14,15)(H,16,17). The van der Waals surface area contributed by atoms with E-state index >= 15 is 0 Å². The van der Waals surface area contributed by atoms with Crippen molar-refractivity contribution < 1.29 is 19.4 Å². The van der Waals surface area contributed by atoms with Crippen LogP contribution in [0.2, 0.25) is 0 Å². The molecule has 0 saturated heterocycles. The van der Waals surface area contributed by atoms with E-state index in [1.54, 1.807) is 0 Å². The normalized spacial score (nSPS) is 14.1. The number of benzene rings is 1. The number of carbonyl (C=O) groups is 2. The summed E-state index contributed by atoms with van der Waals surface area (Å²) in [6, 6.07) is 4.70. The first kappa shape index (κ1) is 12.9. The van der Waals surface area contributed by atoms with Crippen LogP contribution in [-0.4, -0.2) is 29.6 Å². The van der Waals surface area contributed by atoms with Crippen LogP contribution in [0.15, 0.2) is 22.7 Å². The first-order valence-corrected chi connectivity index (χ1v) is 6.30. The van der Waals surface area contributed by atoms with E-state index in [0.29, 0.717) is 16.3 Å². The van der Waals surface area contributed by atoms with Crippen molar-refractivity contribution in [3.63, 3.8) is 0 Å². The highest BCUT2D eigenvalue weighted by atomic mass is 79.9. The fraction of sp³-hybridized carbons (Fsp3) is 0.333. The highest BCUT2D eigenvalue weighted by Gasteiger charge is 2.23. The van der Waals surface area contributed by atoms with Gasteiger partial charge in [0.2, 0.25) is 0 Å². The van der Waals surface area contributed by atoms with Gasteiger partial charge in [0.05, 0.1) is 10.0 Å². The van der Waals surface area contributed by atoms with Crippen LogP contribution in [0.5, 0.6) is 5.75 Å². The summed E-state index contributed by atoms with van der Waals surface area (Å²) < 4.78 is 5.83. The first-order chi connectivity index (χ1) is 8.56. The summed E-state index contributed by atoms with van der Waals surface area (Å²) in [5, 5.41) is 11.6. The van der Waals surface area contributed by atoms with Gasteiger partial charge in [0.25, 0.3) is 5.91 Å². The molecule has 2 N–H and O–H groups in total. The summed E-state index contributed by atoms with van der Waals surface area (Å²) in [5.74, 6) is -0.716. The molecular weight excluding hydrogens is 302 g/mol. The van der Waals surface area contributed by atoms with Gasteiger partial charge in [-0.1, -0.05) is 0 Å². The van der Waals surface area contributed by atoms with E-state index < -0.39 is 5.97 Å². The van der Waals surface area contributed by atoms with Crippen molar-refractivity contribution in [2.75, 3.05) is 6.61 Å². The third kappa shape index (κ3) is 3.46. The van der Waals surface area contributed by atoms with Gasteiger partial charge in [-0.3, -0.25) is 4.79 Å². The molecule has 1 aromatic rings. The molecule has 0 heterocycles. The number of carboxylic acids is 1. The number of halogens is 1. The fourth-order valence-corrected chi connectivity index (χ4v) is 1.88. The number of carboxylic acid groups (broad SMARTS) is 1. The molecule has 1 aromatic carbocycles. The third-order valence-corrected chi connectivity index (χ3v) is 3.10. The fourth-order valence-electron chi connectivity index (χ4n) is 1.39. The first-order valence-electron chi connectivity index (χ1n) is 5.51. The maximum absolute atomic E-state index is 11.4. The van der Waals surface area contributed by atoms with E-state index in [9.17, 15) is 9.59 Å². The molecule has 1 amide bonds. The molecule has 2 rings (SSSR count). The number of aromatic carboxylic acids is 1. The van der Waals surface area contributed by atoms with Crippen LogP contribution in [0.1, 0.15) is 23.2 Å². The lowest BCUT2D eigenvalue weighted by molar-refractivity contribution is -0.123. The minimum Gasteiger partial charge on any atom is -0.483 e. The molecular formula is C12H12BrNO4. The van der Waals surface area contributed by atoms with Crippen molar-refractivity contribution >= 4 is 27.8 Å². The van der Waals surface area contributed by atoms with E-state index in [1.165, 1.54) is 18.2 Å². The van der Waals surface area contributed by atoms with E-state index in [0.717, 1.165) is 12.8 Å². The van der Waals surface area contributed by atoms with Crippen LogP contribution >= 0.6 is 15.9 Å². The number of nitrogens with one attached hydrogen (secondary N) is 1. The Bertz CT molecular complexity index is 485. The molecule has 0 aromatic heterocycles. The van der Waals surface area contributed by atoms with E-state index in [4.69, 9.17) is 9.84 Å². The summed E-state index contributed by atoms with van der Waals surface area (Å²) in [6.07, 6.45) is 2.06. The van der Waals surface area contributed by atoms with Gasteiger partial charge in [0.15, 0.2) is 6.61 Å². The Hall–Kier alpha value is -1.56. The van der Waals surface area contributed by atoms with Crippen LogP contribution in [0, 0.1) is 0 Å². The molecule has 0 unspecified atom stereocenters. The number of amides is 1. The highest BCUT2D eigenvalue weighted by Crippen LogP contribution is 2.26.